The van der Waals surface area contributed by atoms with Gasteiger partial charge in [-0.25, -0.2) is 0 Å². The highest BCUT2D eigenvalue weighted by atomic mass is 16.3. The van der Waals surface area contributed by atoms with Crippen LogP contribution in [0.4, 0.5) is 5.69 Å². The molecule has 0 aliphatic heterocycles. The molecule has 3 rings (SSSR count). The minimum Gasteiger partial charge on any atom is -0.507 e. The summed E-state index contributed by atoms with van der Waals surface area (Å²) < 4.78 is 0. The fraction of sp³-hybridized carbons (Fsp3) is 0.263. The second-order valence-corrected chi connectivity index (χ2v) is 6.79. The van der Waals surface area contributed by atoms with Crippen molar-refractivity contribution in [2.75, 3.05) is 25.1 Å². The quantitative estimate of drug-likeness (QED) is 0.297. The third-order valence-electron chi connectivity index (χ3n) is 4.78. The van der Waals surface area contributed by atoms with Crippen molar-refractivity contribution < 1.29 is 40.2 Å². The minimum atomic E-state index is -1.71. The van der Waals surface area contributed by atoms with Crippen molar-refractivity contribution in [1.82, 2.24) is 0 Å². The van der Waals surface area contributed by atoms with Crippen molar-refractivity contribution in [3.63, 3.8) is 0 Å². The number of aryl methyl sites for hydroxylation is 1. The van der Waals surface area contributed by atoms with E-state index < -0.39 is 65.4 Å². The van der Waals surface area contributed by atoms with E-state index in [2.05, 4.69) is 5.32 Å². The van der Waals surface area contributed by atoms with Gasteiger partial charge in [-0.3, -0.25) is 9.59 Å². The third kappa shape index (κ3) is 2.76. The van der Waals surface area contributed by atoms with Gasteiger partial charge < -0.3 is 36.0 Å². The van der Waals surface area contributed by atoms with Crippen LogP contribution in [-0.2, 0) is 0 Å². The normalized spacial score (nSPS) is 13.3. The number of benzene rings is 2. The van der Waals surface area contributed by atoms with Gasteiger partial charge >= 0.3 is 0 Å². The number of rotatable bonds is 5. The highest BCUT2D eigenvalue weighted by molar-refractivity contribution is 6.31. The average molecular weight is 389 g/mol. The summed E-state index contributed by atoms with van der Waals surface area (Å²) >= 11 is 0. The molecule has 0 spiro atoms. The Labute approximate surface area is 159 Å². The molecule has 2 aromatic rings. The zero-order valence-electron chi connectivity index (χ0n) is 14.9. The third-order valence-corrected chi connectivity index (χ3v) is 4.78. The van der Waals surface area contributed by atoms with Gasteiger partial charge in [0.05, 0.1) is 30.9 Å². The summed E-state index contributed by atoms with van der Waals surface area (Å²) in [6, 6.07) is 3.70. The van der Waals surface area contributed by atoms with Crippen LogP contribution in [0.5, 0.6) is 17.2 Å². The number of carbonyl (C=O) groups excluding carboxylic acids is 2. The minimum absolute atomic E-state index is 0.0510. The van der Waals surface area contributed by atoms with E-state index in [0.29, 0.717) is 5.56 Å². The highest BCUT2D eigenvalue weighted by Crippen LogP contribution is 2.45. The maximum absolute atomic E-state index is 12.9. The Balaban J connectivity index is 2.23. The lowest BCUT2D eigenvalue weighted by atomic mass is 9.81. The van der Waals surface area contributed by atoms with Crippen LogP contribution in [-0.4, -0.2) is 67.6 Å². The first-order valence-corrected chi connectivity index (χ1v) is 8.32. The Morgan fingerprint density at radius 1 is 0.821 bits per heavy atom. The fourth-order valence-electron chi connectivity index (χ4n) is 3.18. The van der Waals surface area contributed by atoms with E-state index >= 15 is 0 Å². The molecule has 9 heteroatoms. The molecule has 9 nitrogen and oxygen atoms in total. The summed E-state index contributed by atoms with van der Waals surface area (Å²) in [5.74, 6) is -3.35. The highest BCUT2D eigenvalue weighted by Gasteiger charge is 2.38. The molecule has 7 N–H and O–H groups in total. The molecule has 0 heterocycles. The Hall–Kier alpha value is -3.14. The van der Waals surface area contributed by atoms with Gasteiger partial charge in [0, 0.05) is 11.1 Å². The second kappa shape index (κ2) is 6.79. The van der Waals surface area contributed by atoms with Gasteiger partial charge in [0.25, 0.3) is 0 Å². The van der Waals surface area contributed by atoms with Crippen LogP contribution in [0.25, 0.3) is 0 Å². The maximum Gasteiger partial charge on any atom is 0.202 e. The molecule has 0 amide bonds. The first kappa shape index (κ1) is 19.6. The molecule has 148 valence electrons. The number of hydrogen-bond donors (Lipinski definition) is 7. The van der Waals surface area contributed by atoms with Crippen LogP contribution in [0, 0.1) is 6.92 Å². The van der Waals surface area contributed by atoms with Gasteiger partial charge in [0.1, 0.15) is 22.7 Å². The molecule has 0 unspecified atom stereocenters. The van der Waals surface area contributed by atoms with Crippen LogP contribution in [0.3, 0.4) is 0 Å². The van der Waals surface area contributed by atoms with Crippen molar-refractivity contribution in [1.29, 1.82) is 0 Å². The van der Waals surface area contributed by atoms with Gasteiger partial charge in [-0.05, 0) is 30.7 Å². The number of fused-ring (bicyclic) bond motifs is 2. The summed E-state index contributed by atoms with van der Waals surface area (Å²) in [6.07, 6.45) is 0. The Kier molecular flexibility index (Phi) is 4.76. The summed E-state index contributed by atoms with van der Waals surface area (Å²) in [7, 11) is 0. The topological polar surface area (TPSA) is 168 Å². The molecule has 0 atom stereocenters. The molecule has 0 saturated carbocycles. The molecule has 0 fully saturated rings. The number of ketones is 2. The van der Waals surface area contributed by atoms with E-state index in [9.17, 15) is 40.2 Å². The summed E-state index contributed by atoms with van der Waals surface area (Å²) in [5.41, 5.74) is -2.64. The average Bonchev–Trinajstić information content (AvgIpc) is 2.66. The Morgan fingerprint density at radius 2 is 1.39 bits per heavy atom. The number of anilines is 1. The predicted molar refractivity (Wildman–Crippen MR) is 97.1 cm³/mol. The molecule has 0 saturated heterocycles. The lowest BCUT2D eigenvalue weighted by Gasteiger charge is -2.31. The van der Waals surface area contributed by atoms with Crippen molar-refractivity contribution in [2.24, 2.45) is 0 Å². The number of aromatic hydroxyl groups is 3. The molecule has 1 aliphatic rings. The number of carbonyl (C=O) groups is 2. The van der Waals surface area contributed by atoms with E-state index in [1.807, 2.05) is 0 Å². The van der Waals surface area contributed by atoms with Gasteiger partial charge in [-0.15, -0.1) is 0 Å². The summed E-state index contributed by atoms with van der Waals surface area (Å²) in [6.45, 7) is -0.642. The number of phenols is 3. The van der Waals surface area contributed by atoms with Crippen molar-refractivity contribution in [2.45, 2.75) is 12.5 Å². The van der Waals surface area contributed by atoms with Crippen LogP contribution in [0.1, 0.15) is 37.4 Å². The largest absolute Gasteiger partial charge is 0.507 e. The van der Waals surface area contributed by atoms with Gasteiger partial charge in [0.2, 0.25) is 5.78 Å². The van der Waals surface area contributed by atoms with E-state index in [4.69, 9.17) is 0 Å². The van der Waals surface area contributed by atoms with Crippen LogP contribution >= 0.6 is 0 Å². The molecule has 28 heavy (non-hydrogen) atoms. The zero-order valence-corrected chi connectivity index (χ0v) is 14.9. The van der Waals surface area contributed by atoms with Crippen LogP contribution < -0.4 is 5.32 Å². The lowest BCUT2D eigenvalue weighted by molar-refractivity contribution is 0.0830. The number of phenolic OH excluding ortho intramolecular Hbond substituents is 3. The smallest absolute Gasteiger partial charge is 0.202 e. The van der Waals surface area contributed by atoms with Crippen molar-refractivity contribution in [3.05, 3.63) is 46.0 Å². The Morgan fingerprint density at radius 3 is 1.96 bits per heavy atom. The van der Waals surface area contributed by atoms with E-state index in [-0.39, 0.29) is 16.7 Å². The van der Waals surface area contributed by atoms with Crippen LogP contribution in [0.2, 0.25) is 0 Å². The SMILES string of the molecule is Cc1cc(O)c2c(c1)C(=O)c1cc(O)c(NC(CO)(CO)CO)c(O)c1C2=O. The summed E-state index contributed by atoms with van der Waals surface area (Å²) in [5, 5.41) is 61.8. The molecular formula is C19H19NO8. The van der Waals surface area contributed by atoms with Crippen LogP contribution in [0.15, 0.2) is 18.2 Å². The molecule has 2 aromatic carbocycles. The first-order chi connectivity index (χ1) is 13.2. The second-order valence-electron chi connectivity index (χ2n) is 6.79. The van der Waals surface area contributed by atoms with E-state index in [1.54, 1.807) is 6.92 Å². The zero-order chi connectivity index (χ0) is 20.8. The molecule has 0 radical (unpaired) electrons. The fourth-order valence-corrected chi connectivity index (χ4v) is 3.18. The first-order valence-electron chi connectivity index (χ1n) is 8.32. The monoisotopic (exact) mass is 389 g/mol. The predicted octanol–water partition coefficient (Wildman–Crippen LogP) is 0.0148. The molecule has 0 bridgehead atoms. The standard InChI is InChI=1S/C19H19NO8/c1-8-2-9-13(11(24)3-8)17(27)14-10(16(9)26)4-12(25)15(18(14)28)20-19(5-21,6-22)7-23/h2-4,20-25,28H,5-7H2,1H3. The number of aliphatic hydroxyl groups is 3. The number of aliphatic hydroxyl groups excluding tert-OH is 3. The number of nitrogens with one attached hydrogen (secondary N) is 1. The molecule has 1 aliphatic carbocycles. The molecule has 0 aromatic heterocycles. The maximum atomic E-state index is 12.9. The van der Waals surface area contributed by atoms with Gasteiger partial charge in [-0.1, -0.05) is 0 Å². The van der Waals surface area contributed by atoms with Crippen molar-refractivity contribution in [3.8, 4) is 17.2 Å². The van der Waals surface area contributed by atoms with E-state index in [0.717, 1.165) is 6.07 Å². The van der Waals surface area contributed by atoms with E-state index in [1.165, 1.54) is 12.1 Å². The number of hydrogen-bond acceptors (Lipinski definition) is 9. The Bertz CT molecular complexity index is 986. The van der Waals surface area contributed by atoms with Gasteiger partial charge in [0.15, 0.2) is 11.5 Å². The van der Waals surface area contributed by atoms with Crippen molar-refractivity contribution >= 4 is 17.3 Å². The lowest BCUT2D eigenvalue weighted by Crippen LogP contribution is -2.49. The summed E-state index contributed by atoms with van der Waals surface area (Å²) in [4.78, 5) is 25.7. The molecular weight excluding hydrogens is 370 g/mol. The van der Waals surface area contributed by atoms with Gasteiger partial charge in [-0.2, -0.15) is 0 Å².